The number of halogens is 2. The van der Waals surface area contributed by atoms with E-state index in [0.717, 1.165) is 6.08 Å². The van der Waals surface area contributed by atoms with Crippen molar-refractivity contribution < 1.29 is 41.4 Å². The molecule has 0 radical (unpaired) electrons. The van der Waals surface area contributed by atoms with Crippen LogP contribution in [0.15, 0.2) is 53.0 Å². The lowest BCUT2D eigenvalue weighted by atomic mass is 9.44. The molecule has 8 nitrogen and oxygen atoms in total. The minimum atomic E-state index is -3.78. The summed E-state index contributed by atoms with van der Waals surface area (Å²) in [4.78, 5) is 39.2. The van der Waals surface area contributed by atoms with E-state index in [1.807, 2.05) is 0 Å². The topological polar surface area (TPSA) is 118 Å². The van der Waals surface area contributed by atoms with E-state index in [1.165, 1.54) is 47.6 Å². The van der Waals surface area contributed by atoms with Gasteiger partial charge in [0.25, 0.3) is 0 Å². The van der Waals surface area contributed by atoms with E-state index < -0.39 is 79.0 Å². The van der Waals surface area contributed by atoms with Gasteiger partial charge in [-0.1, -0.05) is 33.8 Å². The predicted molar refractivity (Wildman–Crippen MR) is 162 cm³/mol. The van der Waals surface area contributed by atoms with Crippen molar-refractivity contribution in [1.82, 2.24) is 4.31 Å². The standard InChI is InChI=1S/C32H39F2NO7S2/c1-6-35(7-2)44(40,41)21-10-8-19(9-11-21)27(38)42-32(28(39)43)18(3)14-22-23-16-25(33)24-15-20(36)12-13-29(24,4)31(23,34)26(37)17-30(22,32)5/h8-13,15,18,22-23,25-26,37H,6-7,14,16-17H2,1-5H3,(H,39,43)/t18-,22+,23+,25+,26+,29+,30+,31+,32+/m1/s1. The van der Waals surface area contributed by atoms with Crippen molar-refractivity contribution >= 4 is 39.5 Å². The van der Waals surface area contributed by atoms with Crippen LogP contribution >= 0.6 is 12.6 Å². The number of alkyl halides is 2. The molecule has 9 atom stereocenters. The van der Waals surface area contributed by atoms with Crippen LogP contribution in [0.2, 0.25) is 0 Å². The quantitative estimate of drug-likeness (QED) is 0.326. The number of allylic oxidation sites excluding steroid dienone is 4. The summed E-state index contributed by atoms with van der Waals surface area (Å²) < 4.78 is 66.4. The minimum absolute atomic E-state index is 0.00584. The van der Waals surface area contributed by atoms with Gasteiger partial charge in [0, 0.05) is 35.8 Å². The predicted octanol–water partition coefficient (Wildman–Crippen LogP) is 4.63. The zero-order valence-corrected chi connectivity index (χ0v) is 27.1. The van der Waals surface area contributed by atoms with E-state index in [4.69, 9.17) is 4.74 Å². The number of fused-ring (bicyclic) bond motifs is 5. The van der Waals surface area contributed by atoms with Crippen molar-refractivity contribution in [1.29, 1.82) is 0 Å². The van der Waals surface area contributed by atoms with Crippen LogP contribution in [0, 0.1) is 28.6 Å². The van der Waals surface area contributed by atoms with Crippen LogP contribution in [-0.2, 0) is 24.3 Å². The summed E-state index contributed by atoms with van der Waals surface area (Å²) in [5, 5.41) is 10.8. The Morgan fingerprint density at radius 2 is 1.73 bits per heavy atom. The lowest BCUT2D eigenvalue weighted by molar-refractivity contribution is -0.221. The van der Waals surface area contributed by atoms with Gasteiger partial charge in [-0.15, -0.1) is 12.6 Å². The average Bonchev–Trinajstić information content (AvgIpc) is 3.18. The van der Waals surface area contributed by atoms with Crippen LogP contribution in [0.4, 0.5) is 8.78 Å². The molecule has 1 N–H and O–H groups in total. The molecule has 0 heterocycles. The summed E-state index contributed by atoms with van der Waals surface area (Å²) in [6.07, 6.45) is -0.0784. The van der Waals surface area contributed by atoms with Gasteiger partial charge >= 0.3 is 5.97 Å². The molecule has 0 spiro atoms. The van der Waals surface area contributed by atoms with Crippen molar-refractivity contribution in [3.05, 3.63) is 53.6 Å². The third kappa shape index (κ3) is 4.26. The van der Waals surface area contributed by atoms with E-state index in [1.54, 1.807) is 27.7 Å². The molecule has 0 aliphatic heterocycles. The van der Waals surface area contributed by atoms with Crippen molar-refractivity contribution in [2.24, 2.45) is 28.6 Å². The van der Waals surface area contributed by atoms with Crippen LogP contribution in [0.5, 0.6) is 0 Å². The zero-order valence-electron chi connectivity index (χ0n) is 25.4. The molecule has 0 aromatic heterocycles. The Balaban J connectivity index is 1.52. The Bertz CT molecular complexity index is 1560. The molecule has 0 unspecified atom stereocenters. The fourth-order valence-corrected chi connectivity index (χ4v) is 10.9. The first kappa shape index (κ1) is 33.0. The number of nitrogens with zero attached hydrogens (tertiary/aromatic N) is 1. The summed E-state index contributed by atoms with van der Waals surface area (Å²) in [5.41, 5.74) is -7.17. The fourth-order valence-electron chi connectivity index (χ4n) is 8.92. The highest BCUT2D eigenvalue weighted by Crippen LogP contribution is 2.71. The number of carbonyl (C=O) groups excluding carboxylic acids is 3. The van der Waals surface area contributed by atoms with Gasteiger partial charge in [0.15, 0.2) is 17.1 Å². The van der Waals surface area contributed by atoms with E-state index in [9.17, 15) is 27.9 Å². The number of ether oxygens (including phenoxy) is 1. The zero-order chi connectivity index (χ0) is 32.6. The smallest absolute Gasteiger partial charge is 0.339 e. The van der Waals surface area contributed by atoms with Gasteiger partial charge in [0.2, 0.25) is 15.1 Å². The normalized spacial score (nSPS) is 39.7. The number of esters is 1. The molecular weight excluding hydrogens is 612 g/mol. The molecule has 3 saturated carbocycles. The number of aliphatic hydroxyl groups is 1. The number of aliphatic hydroxyl groups excluding tert-OH is 1. The lowest BCUT2D eigenvalue weighted by Gasteiger charge is -2.63. The molecule has 3 fully saturated rings. The van der Waals surface area contributed by atoms with E-state index in [0.29, 0.717) is 0 Å². The van der Waals surface area contributed by atoms with Gasteiger partial charge in [-0.25, -0.2) is 22.0 Å². The first-order valence-corrected chi connectivity index (χ1v) is 16.9. The maximum Gasteiger partial charge on any atom is 0.339 e. The van der Waals surface area contributed by atoms with Gasteiger partial charge in [-0.2, -0.15) is 4.31 Å². The van der Waals surface area contributed by atoms with Crippen LogP contribution in [0.25, 0.3) is 0 Å². The number of hydrogen-bond acceptors (Lipinski definition) is 7. The van der Waals surface area contributed by atoms with E-state index in [2.05, 4.69) is 12.6 Å². The molecule has 44 heavy (non-hydrogen) atoms. The summed E-state index contributed by atoms with van der Waals surface area (Å²) >= 11 is 4.17. The number of hydrogen-bond donors (Lipinski definition) is 2. The summed E-state index contributed by atoms with van der Waals surface area (Å²) in [6, 6.07) is 5.19. The molecule has 4 aliphatic carbocycles. The van der Waals surface area contributed by atoms with Gasteiger partial charge in [0.05, 0.1) is 16.6 Å². The second-order valence-electron chi connectivity index (χ2n) is 13.0. The van der Waals surface area contributed by atoms with E-state index in [-0.39, 0.29) is 48.4 Å². The fraction of sp³-hybridized carbons (Fsp3) is 0.594. The molecule has 0 amide bonds. The second kappa shape index (κ2) is 10.8. The first-order chi connectivity index (χ1) is 20.4. The number of ketones is 1. The molecule has 1 aromatic carbocycles. The summed E-state index contributed by atoms with van der Waals surface area (Å²) in [7, 11) is -3.78. The van der Waals surface area contributed by atoms with Crippen LogP contribution in [0.3, 0.4) is 0 Å². The second-order valence-corrected chi connectivity index (χ2v) is 15.4. The minimum Gasteiger partial charge on any atom is -0.446 e. The Morgan fingerprint density at radius 1 is 1.11 bits per heavy atom. The average molecular weight is 652 g/mol. The first-order valence-electron chi connectivity index (χ1n) is 15.0. The number of rotatable bonds is 7. The van der Waals surface area contributed by atoms with Crippen molar-refractivity contribution in [3.63, 3.8) is 0 Å². The maximum atomic E-state index is 17.5. The largest absolute Gasteiger partial charge is 0.446 e. The van der Waals surface area contributed by atoms with Gasteiger partial charge in [-0.3, -0.25) is 9.59 Å². The Morgan fingerprint density at radius 3 is 2.30 bits per heavy atom. The van der Waals surface area contributed by atoms with Crippen molar-refractivity contribution in [2.45, 2.75) is 82.3 Å². The summed E-state index contributed by atoms with van der Waals surface area (Å²) in [5.74, 6) is -3.77. The summed E-state index contributed by atoms with van der Waals surface area (Å²) in [6.45, 7) is 8.83. The molecular formula is C32H39F2NO7S2. The van der Waals surface area contributed by atoms with Crippen molar-refractivity contribution in [2.75, 3.05) is 13.1 Å². The molecule has 0 saturated heterocycles. The Kier molecular flexibility index (Phi) is 8.13. The molecule has 4 aliphatic rings. The molecule has 0 bridgehead atoms. The Hall–Kier alpha value is -2.41. The highest BCUT2D eigenvalue weighted by atomic mass is 32.2. The third-order valence-corrected chi connectivity index (χ3v) is 13.6. The maximum absolute atomic E-state index is 17.5. The monoisotopic (exact) mass is 651 g/mol. The van der Waals surface area contributed by atoms with Crippen LogP contribution in [-0.4, -0.2) is 71.3 Å². The van der Waals surface area contributed by atoms with Gasteiger partial charge in [0.1, 0.15) is 6.17 Å². The lowest BCUT2D eigenvalue weighted by Crippen LogP contribution is -2.70. The van der Waals surface area contributed by atoms with Crippen LogP contribution < -0.4 is 0 Å². The van der Waals surface area contributed by atoms with Gasteiger partial charge in [-0.05, 0) is 74.1 Å². The number of carbonyl (C=O) groups is 3. The highest BCUT2D eigenvalue weighted by Gasteiger charge is 2.78. The van der Waals surface area contributed by atoms with Crippen LogP contribution in [0.1, 0.15) is 64.2 Å². The molecule has 5 rings (SSSR count). The molecule has 12 heteroatoms. The van der Waals surface area contributed by atoms with Crippen molar-refractivity contribution in [3.8, 4) is 0 Å². The Labute approximate surface area is 262 Å². The number of sulfonamides is 1. The highest BCUT2D eigenvalue weighted by molar-refractivity contribution is 7.96. The SMILES string of the molecule is CCN(CC)S(=O)(=O)c1ccc(C(=O)O[C@]2(C(=O)S)[C@H](C)C[C@H]3[C@@H]4C[C@H](F)C5=CC(=O)C=C[C@]5(C)[C@@]4(F)[C@@H](O)C[C@@]32C)cc1. The van der Waals surface area contributed by atoms with Gasteiger partial charge < -0.3 is 9.84 Å². The number of benzene rings is 1. The molecule has 240 valence electrons. The molecule has 1 aromatic rings. The third-order valence-electron chi connectivity index (χ3n) is 11.2. The van der Waals surface area contributed by atoms with E-state index >= 15 is 8.78 Å². The number of thiol groups is 1.